The first-order valence-electron chi connectivity index (χ1n) is 4.40. The van der Waals surface area contributed by atoms with Gasteiger partial charge in [0.15, 0.2) is 12.5 Å². The van der Waals surface area contributed by atoms with Crippen molar-refractivity contribution in [3.05, 3.63) is 29.3 Å². The van der Waals surface area contributed by atoms with E-state index < -0.39 is 35.4 Å². The van der Waals surface area contributed by atoms with Crippen LogP contribution in [0.15, 0.2) is 18.2 Å². The largest absolute Gasteiger partial charge is 0.352 e. The van der Waals surface area contributed by atoms with Gasteiger partial charge < -0.3 is 5.32 Å². The molecule has 1 aliphatic rings. The molecule has 1 aliphatic heterocycles. The molecule has 2 rings (SSSR count). The smallest absolute Gasteiger partial charge is 0.320 e. The van der Waals surface area contributed by atoms with Crippen LogP contribution in [0.2, 0.25) is 0 Å². The molecule has 0 aliphatic carbocycles. The summed E-state index contributed by atoms with van der Waals surface area (Å²) in [4.78, 5) is 22.1. The number of alkyl halides is 3. The quantitative estimate of drug-likeness (QED) is 0.787. The predicted molar refractivity (Wildman–Crippen MR) is 49.3 cm³/mol. The van der Waals surface area contributed by atoms with Crippen LogP contribution in [0.5, 0.6) is 0 Å². The molecule has 0 aromatic heterocycles. The van der Waals surface area contributed by atoms with Crippen LogP contribution in [0.4, 0.5) is 18.9 Å². The third kappa shape index (κ3) is 1.30. The maximum atomic E-state index is 13.4. The third-order valence-electron chi connectivity index (χ3n) is 2.33. The van der Waals surface area contributed by atoms with Crippen LogP contribution in [-0.2, 0) is 10.7 Å². The van der Waals surface area contributed by atoms with Crippen molar-refractivity contribution in [3.8, 4) is 0 Å². The molecule has 3 nitrogen and oxygen atoms in total. The van der Waals surface area contributed by atoms with Gasteiger partial charge >= 0.3 is 5.92 Å². The number of halogens is 3. The van der Waals surface area contributed by atoms with E-state index in [1.165, 1.54) is 12.1 Å². The van der Waals surface area contributed by atoms with Crippen LogP contribution in [0, 0.1) is 0 Å². The number of hydrogen-bond donors (Lipinski definition) is 1. The van der Waals surface area contributed by atoms with E-state index in [9.17, 15) is 22.8 Å². The van der Waals surface area contributed by atoms with Crippen molar-refractivity contribution in [1.82, 2.24) is 0 Å². The zero-order valence-corrected chi connectivity index (χ0v) is 7.89. The molecule has 0 bridgehead atoms. The van der Waals surface area contributed by atoms with Crippen molar-refractivity contribution in [2.75, 3.05) is 12.0 Å². The van der Waals surface area contributed by atoms with Crippen LogP contribution >= 0.6 is 0 Å². The number of amides is 1. The molecule has 1 heterocycles. The summed E-state index contributed by atoms with van der Waals surface area (Å²) < 4.78 is 39.0. The summed E-state index contributed by atoms with van der Waals surface area (Å²) in [6, 6.07) is 3.63. The Kier molecular flexibility index (Phi) is 2.22. The van der Waals surface area contributed by atoms with Crippen molar-refractivity contribution < 1.29 is 22.8 Å². The van der Waals surface area contributed by atoms with Crippen LogP contribution < -0.4 is 5.32 Å². The van der Waals surface area contributed by atoms with Crippen LogP contribution in [0.3, 0.4) is 0 Å². The standard InChI is InChI=1S/C10H6F3NO2/c11-4-7(15)5-2-1-3-6-8(5)10(12,13)9(16)14-6/h1-3H,4H2,(H,14,16). The van der Waals surface area contributed by atoms with E-state index in [0.717, 1.165) is 6.07 Å². The lowest BCUT2D eigenvalue weighted by Crippen LogP contribution is -2.25. The number of hydrogen-bond acceptors (Lipinski definition) is 2. The first-order chi connectivity index (χ1) is 7.48. The van der Waals surface area contributed by atoms with E-state index in [1.807, 2.05) is 5.32 Å². The molecule has 16 heavy (non-hydrogen) atoms. The molecular formula is C10H6F3NO2. The zero-order valence-electron chi connectivity index (χ0n) is 7.89. The minimum atomic E-state index is -3.78. The molecule has 0 saturated carbocycles. The van der Waals surface area contributed by atoms with Gasteiger partial charge in [-0.05, 0) is 6.07 Å². The normalized spacial score (nSPS) is 16.8. The average molecular weight is 229 g/mol. The summed E-state index contributed by atoms with van der Waals surface area (Å²) in [6.45, 7) is -1.37. The fraction of sp³-hybridized carbons (Fsp3) is 0.200. The molecule has 0 saturated heterocycles. The minimum absolute atomic E-state index is 0.144. The first-order valence-corrected chi connectivity index (χ1v) is 4.40. The van der Waals surface area contributed by atoms with Gasteiger partial charge in [-0.1, -0.05) is 12.1 Å². The van der Waals surface area contributed by atoms with E-state index in [4.69, 9.17) is 0 Å². The second-order valence-corrected chi connectivity index (χ2v) is 3.31. The second kappa shape index (κ2) is 3.33. The molecule has 1 aromatic carbocycles. The Balaban J connectivity index is 2.66. The fourth-order valence-corrected chi connectivity index (χ4v) is 1.61. The molecule has 1 amide bonds. The number of rotatable bonds is 2. The number of Topliss-reactive ketones (excluding diaryl/α,β-unsaturated/α-hetero) is 1. The lowest BCUT2D eigenvalue weighted by molar-refractivity contribution is -0.139. The molecule has 84 valence electrons. The van der Waals surface area contributed by atoms with Crippen molar-refractivity contribution >= 4 is 17.4 Å². The van der Waals surface area contributed by atoms with Gasteiger partial charge in [-0.3, -0.25) is 9.59 Å². The van der Waals surface area contributed by atoms with Gasteiger partial charge in [0.25, 0.3) is 5.91 Å². The van der Waals surface area contributed by atoms with Crippen molar-refractivity contribution in [1.29, 1.82) is 0 Å². The molecule has 0 fully saturated rings. The molecule has 6 heteroatoms. The SMILES string of the molecule is O=C(CF)c1cccc2c1C(F)(F)C(=O)N2. The molecule has 0 atom stereocenters. The Hall–Kier alpha value is -1.85. The number of anilines is 1. The van der Waals surface area contributed by atoms with Crippen LogP contribution in [-0.4, -0.2) is 18.4 Å². The zero-order chi connectivity index (χ0) is 11.9. The summed E-state index contributed by atoms with van der Waals surface area (Å²) in [5, 5.41) is 1.94. The van der Waals surface area contributed by atoms with Gasteiger partial charge in [-0.25, -0.2) is 4.39 Å². The van der Waals surface area contributed by atoms with Crippen LogP contribution in [0.1, 0.15) is 15.9 Å². The maximum Gasteiger partial charge on any atom is 0.352 e. The lowest BCUT2D eigenvalue weighted by Gasteiger charge is -2.10. The number of carbonyl (C=O) groups is 2. The van der Waals surface area contributed by atoms with Gasteiger partial charge in [0, 0.05) is 5.56 Å². The minimum Gasteiger partial charge on any atom is -0.320 e. The fourth-order valence-electron chi connectivity index (χ4n) is 1.61. The van der Waals surface area contributed by atoms with Gasteiger partial charge in [0.05, 0.1) is 11.3 Å². The molecular weight excluding hydrogens is 223 g/mol. The molecule has 0 unspecified atom stereocenters. The van der Waals surface area contributed by atoms with Crippen molar-refractivity contribution in [2.45, 2.75) is 5.92 Å². The van der Waals surface area contributed by atoms with E-state index in [2.05, 4.69) is 0 Å². The number of nitrogens with one attached hydrogen (secondary N) is 1. The van der Waals surface area contributed by atoms with Gasteiger partial charge in [0.1, 0.15) is 0 Å². The lowest BCUT2D eigenvalue weighted by atomic mass is 9.99. The average Bonchev–Trinajstić information content (AvgIpc) is 2.49. The van der Waals surface area contributed by atoms with Gasteiger partial charge in [-0.2, -0.15) is 8.78 Å². The highest BCUT2D eigenvalue weighted by molar-refractivity contribution is 6.09. The number of ketones is 1. The molecule has 0 radical (unpaired) electrons. The Labute approximate surface area is 88.3 Å². The Bertz CT molecular complexity index is 485. The highest BCUT2D eigenvalue weighted by atomic mass is 19.3. The number of benzene rings is 1. The summed E-state index contributed by atoms with van der Waals surface area (Å²) >= 11 is 0. The van der Waals surface area contributed by atoms with E-state index >= 15 is 0 Å². The Morgan fingerprint density at radius 2 is 2.06 bits per heavy atom. The maximum absolute atomic E-state index is 13.4. The van der Waals surface area contributed by atoms with Crippen molar-refractivity contribution in [3.63, 3.8) is 0 Å². The summed E-state index contributed by atoms with van der Waals surface area (Å²) in [5.41, 5.74) is -1.33. The van der Waals surface area contributed by atoms with E-state index in [0.29, 0.717) is 0 Å². The Morgan fingerprint density at radius 1 is 1.38 bits per heavy atom. The molecule has 0 spiro atoms. The van der Waals surface area contributed by atoms with Crippen molar-refractivity contribution in [2.24, 2.45) is 0 Å². The number of carbonyl (C=O) groups excluding carboxylic acids is 2. The second-order valence-electron chi connectivity index (χ2n) is 3.31. The first kappa shape index (κ1) is 10.7. The third-order valence-corrected chi connectivity index (χ3v) is 2.33. The Morgan fingerprint density at radius 3 is 2.69 bits per heavy atom. The monoisotopic (exact) mass is 229 g/mol. The summed E-state index contributed by atoms with van der Waals surface area (Å²) in [7, 11) is 0. The summed E-state index contributed by atoms with van der Waals surface area (Å²) in [5.74, 6) is -6.34. The molecule has 1 aromatic rings. The van der Waals surface area contributed by atoms with Gasteiger partial charge in [-0.15, -0.1) is 0 Å². The highest BCUT2D eigenvalue weighted by Gasteiger charge is 2.50. The van der Waals surface area contributed by atoms with E-state index in [1.54, 1.807) is 0 Å². The van der Waals surface area contributed by atoms with E-state index in [-0.39, 0.29) is 5.69 Å². The summed E-state index contributed by atoms with van der Waals surface area (Å²) in [6.07, 6.45) is 0. The highest BCUT2D eigenvalue weighted by Crippen LogP contribution is 2.42. The van der Waals surface area contributed by atoms with Crippen LogP contribution in [0.25, 0.3) is 0 Å². The predicted octanol–water partition coefficient (Wildman–Crippen LogP) is 1.88. The topological polar surface area (TPSA) is 46.2 Å². The number of fused-ring (bicyclic) bond motifs is 1. The molecule has 1 N–H and O–H groups in total. The van der Waals surface area contributed by atoms with Gasteiger partial charge in [0.2, 0.25) is 0 Å².